The molecule has 1 heterocycles. The van der Waals surface area contributed by atoms with Crippen LogP contribution in [-0.2, 0) is 4.74 Å². The lowest BCUT2D eigenvalue weighted by Crippen LogP contribution is -2.33. The smallest absolute Gasteiger partial charge is 0.0949 e. The van der Waals surface area contributed by atoms with E-state index in [2.05, 4.69) is 5.32 Å². The molecule has 0 amide bonds. The maximum atomic E-state index is 7.74. The van der Waals surface area contributed by atoms with E-state index in [0.29, 0.717) is 18.7 Å². The highest BCUT2D eigenvalue weighted by Gasteiger charge is 2.14. The van der Waals surface area contributed by atoms with Gasteiger partial charge in [0.25, 0.3) is 0 Å². The highest BCUT2D eigenvalue weighted by Crippen LogP contribution is 2.17. The summed E-state index contributed by atoms with van der Waals surface area (Å²) in [5.41, 5.74) is 0.582. The molecule has 0 aromatic heterocycles. The van der Waals surface area contributed by atoms with E-state index in [0.717, 1.165) is 6.54 Å². The number of morpholine rings is 1. The number of rotatable bonds is 1. The molecule has 1 N–H and O–H groups in total. The lowest BCUT2D eigenvalue weighted by Gasteiger charge is -2.23. The first kappa shape index (κ1) is 5.00. The summed E-state index contributed by atoms with van der Waals surface area (Å²) in [6.07, 6.45) is -0.223. The van der Waals surface area contributed by atoms with Gasteiger partial charge in [-0.2, -0.15) is 0 Å². The van der Waals surface area contributed by atoms with Crippen LogP contribution in [0.15, 0.2) is 30.3 Å². The monoisotopic (exact) mass is 166 g/mol. The van der Waals surface area contributed by atoms with Gasteiger partial charge in [-0.3, -0.25) is 0 Å². The van der Waals surface area contributed by atoms with Crippen molar-refractivity contribution in [3.63, 3.8) is 0 Å². The molecule has 0 saturated carbocycles. The van der Waals surface area contributed by atoms with Crippen LogP contribution in [0.3, 0.4) is 0 Å². The van der Waals surface area contributed by atoms with Crippen LogP contribution in [-0.4, -0.2) is 19.7 Å². The molecular formula is C10H13NO. The minimum absolute atomic E-state index is 0.206. The highest BCUT2D eigenvalue weighted by atomic mass is 16.5. The Labute approximate surface area is 76.8 Å². The molecule has 1 aliphatic heterocycles. The Kier molecular flexibility index (Phi) is 1.54. The summed E-state index contributed by atoms with van der Waals surface area (Å²) in [4.78, 5) is 0. The summed E-state index contributed by atoms with van der Waals surface area (Å²) in [6.45, 7) is 2.05. The summed E-state index contributed by atoms with van der Waals surface area (Å²) in [5.74, 6) is 0. The van der Waals surface area contributed by atoms with Gasteiger partial charge < -0.3 is 10.1 Å². The summed E-state index contributed by atoms with van der Waals surface area (Å²) < 4.78 is 28.4. The molecule has 0 aliphatic carbocycles. The normalized spacial score (nSPS) is 27.3. The fraction of sp³-hybridized carbons (Fsp3) is 0.400. The van der Waals surface area contributed by atoms with Gasteiger partial charge in [0.15, 0.2) is 0 Å². The quantitative estimate of drug-likeness (QED) is 0.680. The number of ether oxygens (including phenoxy) is 1. The van der Waals surface area contributed by atoms with Crippen molar-refractivity contribution in [1.29, 1.82) is 0 Å². The van der Waals surface area contributed by atoms with E-state index in [-0.39, 0.29) is 24.2 Å². The molecule has 2 nitrogen and oxygen atoms in total. The zero-order chi connectivity index (χ0) is 10.8. The molecule has 1 fully saturated rings. The van der Waals surface area contributed by atoms with Crippen LogP contribution in [0.4, 0.5) is 0 Å². The minimum Gasteiger partial charge on any atom is -0.371 e. The van der Waals surface area contributed by atoms with Gasteiger partial charge in [0.1, 0.15) is 0 Å². The van der Waals surface area contributed by atoms with E-state index in [9.17, 15) is 0 Å². The van der Waals surface area contributed by atoms with Gasteiger partial charge in [0.05, 0.1) is 16.8 Å². The molecule has 0 radical (unpaired) electrons. The third kappa shape index (κ3) is 1.65. The Hall–Kier alpha value is -0.860. The number of nitrogens with one attached hydrogen (secondary N) is 1. The van der Waals surface area contributed by atoms with Crippen molar-refractivity contribution >= 4 is 0 Å². The molecule has 64 valence electrons. The summed E-state index contributed by atoms with van der Waals surface area (Å²) in [5, 5.41) is 3.16. The van der Waals surface area contributed by atoms with Gasteiger partial charge in [-0.05, 0) is 5.56 Å². The lowest BCUT2D eigenvalue weighted by atomic mass is 10.1. The Bertz CT molecular complexity index is 341. The molecule has 12 heavy (non-hydrogen) atoms. The molecule has 2 heteroatoms. The Morgan fingerprint density at radius 3 is 3.00 bits per heavy atom. The van der Waals surface area contributed by atoms with Crippen molar-refractivity contribution in [2.75, 3.05) is 19.7 Å². The van der Waals surface area contributed by atoms with Gasteiger partial charge in [-0.15, -0.1) is 0 Å². The van der Waals surface area contributed by atoms with E-state index in [1.54, 1.807) is 0 Å². The molecule has 1 atom stereocenters. The molecule has 1 aromatic carbocycles. The molecule has 0 unspecified atom stereocenters. The van der Waals surface area contributed by atoms with Crippen LogP contribution in [0, 0.1) is 0 Å². The topological polar surface area (TPSA) is 21.3 Å². The first-order valence-corrected chi connectivity index (χ1v) is 4.08. The first-order chi connectivity index (χ1) is 7.18. The Morgan fingerprint density at radius 2 is 2.33 bits per heavy atom. The van der Waals surface area contributed by atoms with Crippen LogP contribution < -0.4 is 5.32 Å². The molecule has 0 bridgehead atoms. The molecule has 2 rings (SSSR count). The van der Waals surface area contributed by atoms with E-state index in [4.69, 9.17) is 8.85 Å². The van der Waals surface area contributed by atoms with Gasteiger partial charge in [-0.1, -0.05) is 30.3 Å². The highest BCUT2D eigenvalue weighted by molar-refractivity contribution is 5.18. The zero-order valence-electron chi connectivity index (χ0n) is 9.76. The first-order valence-electron chi connectivity index (χ1n) is 5.58. The van der Waals surface area contributed by atoms with Crippen molar-refractivity contribution < 1.29 is 8.85 Å². The molecular weight excluding hydrogens is 150 g/mol. The second-order valence-corrected chi connectivity index (χ2v) is 2.72. The van der Waals surface area contributed by atoms with Gasteiger partial charge in [0, 0.05) is 13.1 Å². The summed E-state index contributed by atoms with van der Waals surface area (Å²) in [7, 11) is 0. The van der Waals surface area contributed by atoms with Gasteiger partial charge >= 0.3 is 0 Å². The molecule has 1 aliphatic rings. The second kappa shape index (κ2) is 3.70. The fourth-order valence-corrected chi connectivity index (χ4v) is 1.26. The summed E-state index contributed by atoms with van der Waals surface area (Å²) >= 11 is 0. The zero-order valence-corrected chi connectivity index (χ0v) is 6.76. The SMILES string of the molecule is [2H]c1cc([2H])c([C@H]2CNCCO2)c([2H])c1. The molecule has 1 aromatic rings. The average Bonchev–Trinajstić information content (AvgIpc) is 2.17. The second-order valence-electron chi connectivity index (χ2n) is 2.72. The molecule has 0 spiro atoms. The molecule has 1 saturated heterocycles. The fourth-order valence-electron chi connectivity index (χ4n) is 1.26. The minimum atomic E-state index is -0.223. The van der Waals surface area contributed by atoms with Crippen molar-refractivity contribution in [1.82, 2.24) is 5.32 Å². The van der Waals surface area contributed by atoms with Crippen LogP contribution in [0.25, 0.3) is 0 Å². The Morgan fingerprint density at radius 1 is 1.50 bits per heavy atom. The van der Waals surface area contributed by atoms with Crippen molar-refractivity contribution in [2.24, 2.45) is 0 Å². The third-order valence-electron chi connectivity index (χ3n) is 1.87. The number of hydrogen-bond acceptors (Lipinski definition) is 2. The van der Waals surface area contributed by atoms with Crippen molar-refractivity contribution in [2.45, 2.75) is 6.10 Å². The lowest BCUT2D eigenvalue weighted by molar-refractivity contribution is 0.0277. The van der Waals surface area contributed by atoms with Crippen LogP contribution in [0.1, 0.15) is 15.8 Å². The maximum Gasteiger partial charge on any atom is 0.0949 e. The van der Waals surface area contributed by atoms with Gasteiger partial charge in [-0.25, -0.2) is 0 Å². The predicted molar refractivity (Wildman–Crippen MR) is 48.0 cm³/mol. The average molecular weight is 166 g/mol. The Balaban J connectivity index is 2.33. The standard InChI is InChI=1S/C10H13NO/c1-2-4-9(5-3-1)10-8-11-6-7-12-10/h1-5,10-11H,6-8H2/t10-/m1/s1/i1D,4D,5D. The number of benzene rings is 1. The number of hydrogen-bond donors (Lipinski definition) is 1. The van der Waals surface area contributed by atoms with E-state index < -0.39 is 0 Å². The van der Waals surface area contributed by atoms with Crippen LogP contribution in [0.5, 0.6) is 0 Å². The van der Waals surface area contributed by atoms with Crippen molar-refractivity contribution in [3.05, 3.63) is 35.8 Å². The van der Waals surface area contributed by atoms with Gasteiger partial charge in [0.2, 0.25) is 0 Å². The van der Waals surface area contributed by atoms with Crippen LogP contribution >= 0.6 is 0 Å². The summed E-state index contributed by atoms with van der Waals surface area (Å²) in [6, 6.07) is 3.55. The van der Waals surface area contributed by atoms with E-state index >= 15 is 0 Å². The maximum absolute atomic E-state index is 7.74. The predicted octanol–water partition coefficient (Wildman–Crippen LogP) is 1.35. The van der Waals surface area contributed by atoms with Crippen LogP contribution in [0.2, 0.25) is 0 Å². The van der Waals surface area contributed by atoms with Crippen molar-refractivity contribution in [3.8, 4) is 0 Å². The third-order valence-corrected chi connectivity index (χ3v) is 1.87. The van der Waals surface area contributed by atoms with E-state index in [1.807, 2.05) is 0 Å². The van der Waals surface area contributed by atoms with E-state index in [1.165, 1.54) is 12.1 Å². The largest absolute Gasteiger partial charge is 0.371 e.